The lowest BCUT2D eigenvalue weighted by molar-refractivity contribution is -0.147. The summed E-state index contributed by atoms with van der Waals surface area (Å²) in [5.74, 6) is -0.428. The van der Waals surface area contributed by atoms with Gasteiger partial charge in [0.1, 0.15) is 18.8 Å². The molecule has 10 heteroatoms. The molecule has 4 N–H and O–H groups in total. The van der Waals surface area contributed by atoms with E-state index < -0.39 is 45.8 Å². The number of hydrogen-bond acceptors (Lipinski definition) is 8. The molecule has 0 rings (SSSR count). The van der Waals surface area contributed by atoms with Crippen LogP contribution in [-0.4, -0.2) is 64.8 Å². The van der Waals surface area contributed by atoms with Crippen LogP contribution in [0, 0.1) is 0 Å². The van der Waals surface area contributed by atoms with Gasteiger partial charge < -0.3 is 24.9 Å². The summed E-state index contributed by atoms with van der Waals surface area (Å²) in [5, 5.41) is 27.4. The van der Waals surface area contributed by atoms with Gasteiger partial charge in [0.05, 0.1) is 19.8 Å². The summed E-state index contributed by atoms with van der Waals surface area (Å²) in [7, 11) is -4.48. The molecule has 9 nitrogen and oxygen atoms in total. The van der Waals surface area contributed by atoms with E-state index in [4.69, 9.17) is 14.9 Å². The van der Waals surface area contributed by atoms with E-state index in [2.05, 4.69) is 16.0 Å². The predicted molar refractivity (Wildman–Crippen MR) is 131 cm³/mol. The van der Waals surface area contributed by atoms with Crippen LogP contribution in [0.2, 0.25) is 0 Å². The minimum absolute atomic E-state index is 0.270. The smallest absolute Gasteiger partial charge is 0.463 e. The van der Waals surface area contributed by atoms with Crippen LogP contribution < -0.4 is 0 Å². The average molecular weight is 513 g/mol. The van der Waals surface area contributed by atoms with Crippen molar-refractivity contribution in [2.75, 3.05) is 26.4 Å². The van der Waals surface area contributed by atoms with Gasteiger partial charge in [0, 0.05) is 6.42 Å². The lowest BCUT2D eigenvalue weighted by Gasteiger charge is -2.16. The molecule has 0 amide bonds. The molecule has 0 saturated carbocycles. The molecule has 0 aromatic carbocycles. The minimum atomic E-state index is -4.48. The Balaban J connectivity index is 3.50. The number of hydrogen-bond donors (Lipinski definition) is 4. The van der Waals surface area contributed by atoms with E-state index in [1.165, 1.54) is 77.0 Å². The number of aliphatic hydroxyl groups excluding tert-OH is 3. The summed E-state index contributed by atoms with van der Waals surface area (Å²) in [6, 6.07) is 0. The molecule has 34 heavy (non-hydrogen) atoms. The van der Waals surface area contributed by atoms with Gasteiger partial charge in [-0.25, -0.2) is 4.57 Å². The van der Waals surface area contributed by atoms with Crippen LogP contribution in [-0.2, 0) is 23.1 Å². The number of carbonyl (C=O) groups excluding carboxylic acids is 1. The number of rotatable bonds is 25. The number of phosphoric ester groups is 1. The van der Waals surface area contributed by atoms with Crippen molar-refractivity contribution in [3.63, 3.8) is 0 Å². The SMILES string of the molecule is CCCCCCCCCCCCCCCCCC(=O)OC[C@H](O)COP(=O)(O)OC[C@@H](O)CO. The molecule has 3 atom stereocenters. The second-order valence-corrected chi connectivity index (χ2v) is 10.4. The van der Waals surface area contributed by atoms with Gasteiger partial charge in [0.15, 0.2) is 0 Å². The first-order valence-corrected chi connectivity index (χ1v) is 14.5. The summed E-state index contributed by atoms with van der Waals surface area (Å²) >= 11 is 0. The van der Waals surface area contributed by atoms with Crippen LogP contribution in [0.1, 0.15) is 110 Å². The molecule has 0 aromatic heterocycles. The van der Waals surface area contributed by atoms with Gasteiger partial charge in [-0.2, -0.15) is 0 Å². The number of unbranched alkanes of at least 4 members (excludes halogenated alkanes) is 14. The number of carbonyl (C=O) groups is 1. The second-order valence-electron chi connectivity index (χ2n) is 8.93. The first kappa shape index (κ1) is 33.5. The Morgan fingerprint density at radius 2 is 1.12 bits per heavy atom. The Hall–Kier alpha value is -0.540. The largest absolute Gasteiger partial charge is 0.472 e. The first-order chi connectivity index (χ1) is 16.3. The number of ether oxygens (including phenoxy) is 1. The summed E-state index contributed by atoms with van der Waals surface area (Å²) in [6.07, 6.45) is 16.4. The molecule has 0 bridgehead atoms. The molecular weight excluding hydrogens is 463 g/mol. The van der Waals surface area contributed by atoms with Crippen molar-refractivity contribution in [1.82, 2.24) is 0 Å². The molecule has 0 aliphatic carbocycles. The zero-order valence-electron chi connectivity index (χ0n) is 21.1. The van der Waals surface area contributed by atoms with Gasteiger partial charge >= 0.3 is 13.8 Å². The fourth-order valence-corrected chi connectivity index (χ4v) is 4.20. The van der Waals surface area contributed by atoms with Gasteiger partial charge in [0.2, 0.25) is 0 Å². The fourth-order valence-electron chi connectivity index (χ4n) is 3.40. The maximum atomic E-state index is 11.7. The monoisotopic (exact) mass is 512 g/mol. The van der Waals surface area contributed by atoms with Crippen LogP contribution >= 0.6 is 7.82 Å². The molecule has 0 aliphatic heterocycles. The van der Waals surface area contributed by atoms with Crippen LogP contribution in [0.3, 0.4) is 0 Å². The van der Waals surface area contributed by atoms with Gasteiger partial charge in [-0.05, 0) is 6.42 Å². The summed E-state index contributed by atoms with van der Waals surface area (Å²) in [5.41, 5.74) is 0. The van der Waals surface area contributed by atoms with Crippen molar-refractivity contribution >= 4 is 13.8 Å². The number of aliphatic hydroxyl groups is 3. The third kappa shape index (κ3) is 23.2. The molecule has 0 heterocycles. The maximum Gasteiger partial charge on any atom is 0.472 e. The van der Waals surface area contributed by atoms with Crippen molar-refractivity contribution < 1.29 is 43.4 Å². The van der Waals surface area contributed by atoms with Gasteiger partial charge in [-0.3, -0.25) is 13.8 Å². The molecule has 204 valence electrons. The molecular formula is C24H49O9P. The molecule has 1 unspecified atom stereocenters. The van der Waals surface area contributed by atoms with E-state index in [0.717, 1.165) is 19.3 Å². The van der Waals surface area contributed by atoms with Crippen LogP contribution in [0.15, 0.2) is 0 Å². The zero-order valence-corrected chi connectivity index (χ0v) is 22.0. The van der Waals surface area contributed by atoms with Crippen LogP contribution in [0.4, 0.5) is 0 Å². The molecule has 0 fully saturated rings. The Morgan fingerprint density at radius 3 is 1.56 bits per heavy atom. The van der Waals surface area contributed by atoms with Gasteiger partial charge in [-0.1, -0.05) is 96.8 Å². The Bertz CT molecular complexity index is 519. The topological polar surface area (TPSA) is 143 Å². The van der Waals surface area contributed by atoms with E-state index in [0.29, 0.717) is 0 Å². The second kappa shape index (κ2) is 22.9. The lowest BCUT2D eigenvalue weighted by atomic mass is 10.0. The van der Waals surface area contributed by atoms with Crippen LogP contribution in [0.25, 0.3) is 0 Å². The summed E-state index contributed by atoms with van der Waals surface area (Å²) in [4.78, 5) is 21.1. The average Bonchev–Trinajstić information content (AvgIpc) is 2.82. The van der Waals surface area contributed by atoms with Crippen molar-refractivity contribution in [2.45, 2.75) is 122 Å². The van der Waals surface area contributed by atoms with Crippen molar-refractivity contribution in [3.05, 3.63) is 0 Å². The first-order valence-electron chi connectivity index (χ1n) is 13.0. The fraction of sp³-hybridized carbons (Fsp3) is 0.958. The Kier molecular flexibility index (Phi) is 22.5. The Labute approximate surface area is 205 Å². The molecule has 0 aliphatic rings. The standard InChI is InChI=1S/C24H49O9P/c1-2-3-4-5-6-7-8-9-10-11-12-13-14-15-16-17-24(28)31-19-23(27)21-33-34(29,30)32-20-22(26)18-25/h22-23,25-27H,2-21H2,1H3,(H,29,30)/t22-,23-/m0/s1. The lowest BCUT2D eigenvalue weighted by Crippen LogP contribution is -2.24. The summed E-state index contributed by atoms with van der Waals surface area (Å²) in [6.45, 7) is 0.107. The molecule has 0 radical (unpaired) electrons. The summed E-state index contributed by atoms with van der Waals surface area (Å²) < 4.78 is 25.5. The molecule has 0 aromatic rings. The van der Waals surface area contributed by atoms with Crippen LogP contribution in [0.5, 0.6) is 0 Å². The van der Waals surface area contributed by atoms with Gasteiger partial charge in [0.25, 0.3) is 0 Å². The van der Waals surface area contributed by atoms with E-state index >= 15 is 0 Å². The van der Waals surface area contributed by atoms with E-state index in [-0.39, 0.29) is 13.0 Å². The quantitative estimate of drug-likeness (QED) is 0.0781. The predicted octanol–water partition coefficient (Wildman–Crippen LogP) is 4.64. The van der Waals surface area contributed by atoms with Gasteiger partial charge in [-0.15, -0.1) is 0 Å². The number of phosphoric acid groups is 1. The third-order valence-electron chi connectivity index (χ3n) is 5.49. The van der Waals surface area contributed by atoms with E-state index in [9.17, 15) is 19.4 Å². The minimum Gasteiger partial charge on any atom is -0.463 e. The van der Waals surface area contributed by atoms with Crippen molar-refractivity contribution in [3.8, 4) is 0 Å². The highest BCUT2D eigenvalue weighted by Crippen LogP contribution is 2.43. The maximum absolute atomic E-state index is 11.7. The van der Waals surface area contributed by atoms with E-state index in [1.54, 1.807) is 0 Å². The van der Waals surface area contributed by atoms with Crippen molar-refractivity contribution in [2.24, 2.45) is 0 Å². The zero-order chi connectivity index (χ0) is 25.5. The Morgan fingerprint density at radius 1 is 0.706 bits per heavy atom. The third-order valence-corrected chi connectivity index (χ3v) is 6.44. The number of esters is 1. The highest BCUT2D eigenvalue weighted by Gasteiger charge is 2.24. The van der Waals surface area contributed by atoms with E-state index in [1.807, 2.05) is 0 Å². The highest BCUT2D eigenvalue weighted by atomic mass is 31.2. The normalized spacial score (nSPS) is 15.1. The highest BCUT2D eigenvalue weighted by molar-refractivity contribution is 7.47. The molecule has 0 saturated heterocycles. The molecule has 0 spiro atoms. The van der Waals surface area contributed by atoms with Crippen molar-refractivity contribution in [1.29, 1.82) is 0 Å².